The van der Waals surface area contributed by atoms with Crippen LogP contribution in [-0.4, -0.2) is 0 Å². The van der Waals surface area contributed by atoms with Crippen molar-refractivity contribution in [2.45, 2.75) is 0 Å². The van der Waals surface area contributed by atoms with Crippen LogP contribution in [0.5, 0.6) is 0 Å². The fraction of sp³-hybridized carbons (Fsp3) is 0. The number of hydrogen-bond donors (Lipinski definition) is 0. The van der Waals surface area contributed by atoms with E-state index in [2.05, 4.69) is 181 Å². The molecule has 0 unspecified atom stereocenters. The van der Waals surface area contributed by atoms with Crippen LogP contribution in [0.4, 0.5) is 17.1 Å². The standard InChI is InChI=1S/C52H33NO2/c1-2-13-35(14-3-1)41-31-28-39(38-25-24-34-12-4-5-15-37(34)32-38)33-47(41)53(46-20-10-19-44-43-16-6-8-21-48(43)55-52(44)46)40-29-26-36(27-30-40)42-18-11-23-50-51(42)45-17-7-9-22-49(45)54-50/h1-33H. The highest BCUT2D eigenvalue weighted by Crippen LogP contribution is 2.47. The van der Waals surface area contributed by atoms with Crippen LogP contribution >= 0.6 is 0 Å². The van der Waals surface area contributed by atoms with E-state index in [9.17, 15) is 0 Å². The van der Waals surface area contributed by atoms with Crippen LogP contribution in [0.2, 0.25) is 0 Å². The largest absolute Gasteiger partial charge is 0.456 e. The fourth-order valence-corrected chi connectivity index (χ4v) is 8.25. The Kier molecular flexibility index (Phi) is 7.17. The molecule has 55 heavy (non-hydrogen) atoms. The molecule has 0 aliphatic carbocycles. The number of anilines is 3. The summed E-state index contributed by atoms with van der Waals surface area (Å²) < 4.78 is 13.0. The van der Waals surface area contributed by atoms with Gasteiger partial charge in [-0.3, -0.25) is 0 Å². The molecule has 258 valence electrons. The number of para-hydroxylation sites is 3. The van der Waals surface area contributed by atoms with Crippen LogP contribution in [0.1, 0.15) is 0 Å². The van der Waals surface area contributed by atoms with Crippen molar-refractivity contribution in [1.29, 1.82) is 0 Å². The second-order valence-electron chi connectivity index (χ2n) is 14.1. The van der Waals surface area contributed by atoms with Gasteiger partial charge in [0.15, 0.2) is 5.58 Å². The lowest BCUT2D eigenvalue weighted by molar-refractivity contribution is 0.668. The summed E-state index contributed by atoms with van der Waals surface area (Å²) in [4.78, 5) is 2.37. The predicted octanol–water partition coefficient (Wildman–Crippen LogP) is 15.1. The monoisotopic (exact) mass is 703 g/mol. The van der Waals surface area contributed by atoms with Crippen molar-refractivity contribution in [2.24, 2.45) is 0 Å². The highest BCUT2D eigenvalue weighted by molar-refractivity contribution is 6.13. The molecule has 11 rings (SSSR count). The minimum atomic E-state index is 0.845. The quantitative estimate of drug-likeness (QED) is 0.173. The first kappa shape index (κ1) is 31.2. The molecule has 0 fully saturated rings. The van der Waals surface area contributed by atoms with E-state index in [1.165, 1.54) is 10.8 Å². The van der Waals surface area contributed by atoms with Gasteiger partial charge in [-0.05, 0) is 87.1 Å². The topological polar surface area (TPSA) is 29.5 Å². The lowest BCUT2D eigenvalue weighted by Gasteiger charge is -2.29. The number of furan rings is 2. The van der Waals surface area contributed by atoms with E-state index in [0.717, 1.165) is 94.3 Å². The van der Waals surface area contributed by atoms with Gasteiger partial charge in [0.1, 0.15) is 16.7 Å². The van der Waals surface area contributed by atoms with Crippen molar-refractivity contribution in [3.8, 4) is 33.4 Å². The van der Waals surface area contributed by atoms with Crippen molar-refractivity contribution in [1.82, 2.24) is 0 Å². The number of hydrogen-bond acceptors (Lipinski definition) is 3. The van der Waals surface area contributed by atoms with E-state index in [-0.39, 0.29) is 0 Å². The zero-order valence-corrected chi connectivity index (χ0v) is 29.8. The van der Waals surface area contributed by atoms with Crippen molar-refractivity contribution in [3.05, 3.63) is 200 Å². The highest BCUT2D eigenvalue weighted by atomic mass is 16.3. The van der Waals surface area contributed by atoms with Crippen LogP contribution in [0.15, 0.2) is 209 Å². The minimum absolute atomic E-state index is 0.845. The zero-order chi connectivity index (χ0) is 36.3. The molecule has 0 saturated heterocycles. The molecule has 0 amide bonds. The van der Waals surface area contributed by atoms with Crippen molar-refractivity contribution < 1.29 is 8.83 Å². The lowest BCUT2D eigenvalue weighted by Crippen LogP contribution is -2.12. The Morgan fingerprint density at radius 1 is 0.327 bits per heavy atom. The maximum atomic E-state index is 6.74. The molecule has 3 heteroatoms. The molecule has 0 aliphatic rings. The molecular formula is C52H33NO2. The third kappa shape index (κ3) is 5.20. The van der Waals surface area contributed by atoms with Gasteiger partial charge in [-0.15, -0.1) is 0 Å². The maximum Gasteiger partial charge on any atom is 0.159 e. The van der Waals surface area contributed by atoms with Gasteiger partial charge in [-0.2, -0.15) is 0 Å². The molecule has 0 aliphatic heterocycles. The molecule has 0 atom stereocenters. The van der Waals surface area contributed by atoms with Gasteiger partial charge in [0.05, 0.1) is 11.4 Å². The predicted molar refractivity (Wildman–Crippen MR) is 229 cm³/mol. The number of nitrogens with zero attached hydrogens (tertiary/aromatic N) is 1. The van der Waals surface area contributed by atoms with Gasteiger partial charge in [-0.1, -0.05) is 152 Å². The molecule has 0 radical (unpaired) electrons. The first-order chi connectivity index (χ1) is 27.3. The van der Waals surface area contributed by atoms with Crippen molar-refractivity contribution in [3.63, 3.8) is 0 Å². The van der Waals surface area contributed by atoms with E-state index in [1.54, 1.807) is 0 Å². The van der Waals surface area contributed by atoms with E-state index in [0.29, 0.717) is 0 Å². The molecular weight excluding hydrogens is 671 g/mol. The summed E-state index contributed by atoms with van der Waals surface area (Å²) >= 11 is 0. The van der Waals surface area contributed by atoms with Gasteiger partial charge in [0.2, 0.25) is 0 Å². The molecule has 11 aromatic rings. The van der Waals surface area contributed by atoms with Crippen LogP contribution < -0.4 is 4.90 Å². The molecule has 2 heterocycles. The summed E-state index contributed by atoms with van der Waals surface area (Å²) in [5.74, 6) is 0. The van der Waals surface area contributed by atoms with Crippen molar-refractivity contribution in [2.75, 3.05) is 4.90 Å². The second-order valence-corrected chi connectivity index (χ2v) is 14.1. The molecule has 0 spiro atoms. The molecule has 2 aromatic heterocycles. The van der Waals surface area contributed by atoms with Gasteiger partial charge in [0, 0.05) is 32.8 Å². The molecule has 3 nitrogen and oxygen atoms in total. The van der Waals surface area contributed by atoms with Crippen LogP contribution in [0.25, 0.3) is 88.0 Å². The average molecular weight is 704 g/mol. The number of rotatable bonds is 6. The smallest absolute Gasteiger partial charge is 0.159 e. The molecule has 9 aromatic carbocycles. The average Bonchev–Trinajstić information content (AvgIpc) is 3.83. The minimum Gasteiger partial charge on any atom is -0.456 e. The van der Waals surface area contributed by atoms with Crippen LogP contribution in [-0.2, 0) is 0 Å². The zero-order valence-electron chi connectivity index (χ0n) is 29.8. The van der Waals surface area contributed by atoms with Crippen LogP contribution in [0, 0.1) is 0 Å². The Hall–Kier alpha value is -7.36. The number of benzene rings is 9. The number of fused-ring (bicyclic) bond motifs is 7. The normalized spacial score (nSPS) is 11.6. The summed E-state index contributed by atoms with van der Waals surface area (Å²) in [6, 6.07) is 71.0. The summed E-state index contributed by atoms with van der Waals surface area (Å²) in [7, 11) is 0. The Bertz CT molecular complexity index is 3210. The Morgan fingerprint density at radius 2 is 0.945 bits per heavy atom. The van der Waals surface area contributed by atoms with E-state index >= 15 is 0 Å². The van der Waals surface area contributed by atoms with E-state index in [1.807, 2.05) is 24.3 Å². The van der Waals surface area contributed by atoms with Gasteiger partial charge in [-0.25, -0.2) is 0 Å². The third-order valence-corrected chi connectivity index (χ3v) is 10.9. The van der Waals surface area contributed by atoms with Crippen LogP contribution in [0.3, 0.4) is 0 Å². The second kappa shape index (κ2) is 12.6. The maximum absolute atomic E-state index is 6.74. The van der Waals surface area contributed by atoms with Gasteiger partial charge in [0.25, 0.3) is 0 Å². The van der Waals surface area contributed by atoms with E-state index in [4.69, 9.17) is 8.83 Å². The Labute approximate surface area is 317 Å². The molecule has 0 N–H and O–H groups in total. The molecule has 0 bridgehead atoms. The van der Waals surface area contributed by atoms with Crippen molar-refractivity contribution >= 4 is 71.7 Å². The SMILES string of the molecule is c1ccc(-c2ccc(-c3ccc4ccccc4c3)cc2N(c2ccc(-c3cccc4oc5ccccc5c34)cc2)c2cccc3c2oc2ccccc23)cc1. The first-order valence-electron chi connectivity index (χ1n) is 18.7. The van der Waals surface area contributed by atoms with Gasteiger partial charge >= 0.3 is 0 Å². The van der Waals surface area contributed by atoms with Gasteiger partial charge < -0.3 is 13.7 Å². The lowest BCUT2D eigenvalue weighted by atomic mass is 9.95. The Morgan fingerprint density at radius 3 is 1.80 bits per heavy atom. The first-order valence-corrected chi connectivity index (χ1v) is 18.7. The summed E-state index contributed by atoms with van der Waals surface area (Å²) in [5.41, 5.74) is 13.4. The third-order valence-electron chi connectivity index (χ3n) is 10.9. The van der Waals surface area contributed by atoms with E-state index < -0.39 is 0 Å². The molecule has 0 saturated carbocycles. The summed E-state index contributed by atoms with van der Waals surface area (Å²) in [6.45, 7) is 0. The highest BCUT2D eigenvalue weighted by Gasteiger charge is 2.23. The summed E-state index contributed by atoms with van der Waals surface area (Å²) in [6.07, 6.45) is 0. The Balaban J connectivity index is 1.15. The fourth-order valence-electron chi connectivity index (χ4n) is 8.25. The summed E-state index contributed by atoms with van der Waals surface area (Å²) in [5, 5.41) is 6.87.